The lowest BCUT2D eigenvalue weighted by Crippen LogP contribution is -2.27. The number of nitro groups is 1. The highest BCUT2D eigenvalue weighted by Crippen LogP contribution is 2.17. The molecule has 126 valence electrons. The third kappa shape index (κ3) is 3.97. The van der Waals surface area contributed by atoms with Crippen LogP contribution < -0.4 is 0 Å². The number of carbonyl (C=O) groups is 2. The monoisotopic (exact) mass is 332 g/mol. The predicted molar refractivity (Wildman–Crippen MR) is 83.7 cm³/mol. The Morgan fingerprint density at radius 2 is 2.04 bits per heavy atom. The number of aromatic carboxylic acids is 1. The van der Waals surface area contributed by atoms with Crippen molar-refractivity contribution in [1.82, 2.24) is 4.90 Å². The maximum absolute atomic E-state index is 12.2. The molecule has 0 saturated heterocycles. The van der Waals surface area contributed by atoms with E-state index in [1.54, 1.807) is 13.1 Å². The van der Waals surface area contributed by atoms with E-state index in [4.69, 9.17) is 9.52 Å². The third-order valence-corrected chi connectivity index (χ3v) is 3.49. The van der Waals surface area contributed by atoms with Crippen molar-refractivity contribution < 1.29 is 24.0 Å². The van der Waals surface area contributed by atoms with Crippen LogP contribution in [0.3, 0.4) is 0 Å². The van der Waals surface area contributed by atoms with E-state index in [1.165, 1.54) is 36.1 Å². The molecule has 0 fully saturated rings. The van der Waals surface area contributed by atoms with Crippen LogP contribution in [-0.4, -0.2) is 33.9 Å². The SMILES string of the molecule is Cc1oc(CN(C)C(=O)Cc2cccc([N+](=O)[O-])c2)cc1C(=O)O. The van der Waals surface area contributed by atoms with Gasteiger partial charge in [-0.3, -0.25) is 14.9 Å². The van der Waals surface area contributed by atoms with Gasteiger partial charge in [-0.2, -0.15) is 0 Å². The molecule has 24 heavy (non-hydrogen) atoms. The summed E-state index contributed by atoms with van der Waals surface area (Å²) < 4.78 is 5.33. The quantitative estimate of drug-likeness (QED) is 0.642. The van der Waals surface area contributed by atoms with Crippen LogP contribution in [0.1, 0.15) is 27.4 Å². The Bertz CT molecular complexity index is 796. The molecule has 0 radical (unpaired) electrons. The molecule has 0 aliphatic rings. The molecule has 8 nitrogen and oxygen atoms in total. The van der Waals surface area contributed by atoms with Crippen LogP contribution in [-0.2, 0) is 17.8 Å². The van der Waals surface area contributed by atoms with Gasteiger partial charge in [-0.1, -0.05) is 12.1 Å². The lowest BCUT2D eigenvalue weighted by atomic mass is 10.1. The van der Waals surface area contributed by atoms with Gasteiger partial charge < -0.3 is 14.4 Å². The number of non-ortho nitro benzene ring substituents is 1. The molecule has 0 unspecified atom stereocenters. The molecular weight excluding hydrogens is 316 g/mol. The summed E-state index contributed by atoms with van der Waals surface area (Å²) in [7, 11) is 1.55. The number of furan rings is 1. The summed E-state index contributed by atoms with van der Waals surface area (Å²) in [5.74, 6) is -0.716. The van der Waals surface area contributed by atoms with E-state index in [0.29, 0.717) is 11.3 Å². The van der Waals surface area contributed by atoms with Gasteiger partial charge >= 0.3 is 5.97 Å². The normalized spacial score (nSPS) is 10.4. The van der Waals surface area contributed by atoms with Crippen molar-refractivity contribution in [3.63, 3.8) is 0 Å². The van der Waals surface area contributed by atoms with Crippen LogP contribution >= 0.6 is 0 Å². The minimum atomic E-state index is -1.09. The minimum Gasteiger partial charge on any atom is -0.478 e. The van der Waals surface area contributed by atoms with Crippen molar-refractivity contribution in [2.45, 2.75) is 19.9 Å². The molecule has 1 N–H and O–H groups in total. The van der Waals surface area contributed by atoms with Gasteiger partial charge in [0.25, 0.3) is 5.69 Å². The summed E-state index contributed by atoms with van der Waals surface area (Å²) in [6.07, 6.45) is 0.00363. The number of amides is 1. The Hall–Kier alpha value is -3.16. The first-order valence-electron chi connectivity index (χ1n) is 7.08. The van der Waals surface area contributed by atoms with E-state index in [-0.39, 0.29) is 35.9 Å². The van der Waals surface area contributed by atoms with E-state index in [0.717, 1.165) is 0 Å². The summed E-state index contributed by atoms with van der Waals surface area (Å²) in [6.45, 7) is 1.65. The number of benzene rings is 1. The maximum Gasteiger partial charge on any atom is 0.339 e. The first-order chi connectivity index (χ1) is 11.3. The van der Waals surface area contributed by atoms with Gasteiger partial charge in [-0.15, -0.1) is 0 Å². The molecule has 0 atom stereocenters. The predicted octanol–water partition coefficient (Wildman–Crippen LogP) is 2.40. The second-order valence-electron chi connectivity index (χ2n) is 5.34. The van der Waals surface area contributed by atoms with Gasteiger partial charge in [-0.05, 0) is 18.6 Å². The first kappa shape index (κ1) is 17.2. The molecule has 2 rings (SSSR count). The number of aryl methyl sites for hydroxylation is 1. The number of carboxylic acid groups (broad SMARTS) is 1. The lowest BCUT2D eigenvalue weighted by molar-refractivity contribution is -0.384. The van der Waals surface area contributed by atoms with Crippen molar-refractivity contribution in [1.29, 1.82) is 0 Å². The van der Waals surface area contributed by atoms with Crippen LogP contribution in [0.5, 0.6) is 0 Å². The third-order valence-electron chi connectivity index (χ3n) is 3.49. The topological polar surface area (TPSA) is 114 Å². The molecule has 1 heterocycles. The average Bonchev–Trinajstić information content (AvgIpc) is 2.88. The summed E-state index contributed by atoms with van der Waals surface area (Å²) in [5.41, 5.74) is 0.517. The minimum absolute atomic E-state index is 0.00363. The molecule has 0 aliphatic heterocycles. The van der Waals surface area contributed by atoms with Gasteiger partial charge in [-0.25, -0.2) is 4.79 Å². The summed E-state index contributed by atoms with van der Waals surface area (Å²) >= 11 is 0. The number of nitro benzene ring substituents is 1. The molecule has 0 aliphatic carbocycles. The molecule has 0 spiro atoms. The lowest BCUT2D eigenvalue weighted by Gasteiger charge is -2.15. The van der Waals surface area contributed by atoms with Crippen LogP contribution in [0.2, 0.25) is 0 Å². The number of carboxylic acids is 1. The highest BCUT2D eigenvalue weighted by atomic mass is 16.6. The molecule has 8 heteroatoms. The van der Waals surface area contributed by atoms with Gasteiger partial charge in [0.15, 0.2) is 0 Å². The smallest absolute Gasteiger partial charge is 0.339 e. The summed E-state index contributed by atoms with van der Waals surface area (Å²) in [4.78, 5) is 34.8. The Morgan fingerprint density at radius 3 is 2.62 bits per heavy atom. The summed E-state index contributed by atoms with van der Waals surface area (Å²) in [5, 5.41) is 19.7. The number of likely N-dealkylation sites (N-methyl/N-ethyl adjacent to an activating group) is 1. The maximum atomic E-state index is 12.2. The molecule has 1 amide bonds. The van der Waals surface area contributed by atoms with Crippen molar-refractivity contribution >= 4 is 17.6 Å². The van der Waals surface area contributed by atoms with Crippen LogP contribution in [0, 0.1) is 17.0 Å². The highest BCUT2D eigenvalue weighted by molar-refractivity contribution is 5.88. The Morgan fingerprint density at radius 1 is 1.33 bits per heavy atom. The van der Waals surface area contributed by atoms with Gasteiger partial charge in [0, 0.05) is 19.2 Å². The largest absolute Gasteiger partial charge is 0.478 e. The van der Waals surface area contributed by atoms with E-state index in [1.807, 2.05) is 0 Å². The molecule has 1 aromatic heterocycles. The molecule has 0 saturated carbocycles. The Labute approximate surface area is 137 Å². The number of hydrogen-bond donors (Lipinski definition) is 1. The Kier molecular flexibility index (Phi) is 4.98. The van der Waals surface area contributed by atoms with Crippen LogP contribution in [0.25, 0.3) is 0 Å². The molecule has 2 aromatic rings. The number of carbonyl (C=O) groups excluding carboxylic acids is 1. The fourth-order valence-electron chi connectivity index (χ4n) is 2.25. The van der Waals surface area contributed by atoms with Crippen LogP contribution in [0.4, 0.5) is 5.69 Å². The van der Waals surface area contributed by atoms with E-state index in [9.17, 15) is 19.7 Å². The van der Waals surface area contributed by atoms with Gasteiger partial charge in [0.2, 0.25) is 5.91 Å². The fourth-order valence-corrected chi connectivity index (χ4v) is 2.25. The molecule has 1 aromatic carbocycles. The van der Waals surface area contributed by atoms with Crippen LogP contribution in [0.15, 0.2) is 34.7 Å². The number of hydrogen-bond acceptors (Lipinski definition) is 5. The standard InChI is InChI=1S/C16H16N2O6/c1-10-14(16(20)21)8-13(24-10)9-17(2)15(19)7-11-4-3-5-12(6-11)18(22)23/h3-6,8H,7,9H2,1-2H3,(H,20,21). The van der Waals surface area contributed by atoms with E-state index >= 15 is 0 Å². The zero-order valence-electron chi connectivity index (χ0n) is 13.2. The van der Waals surface area contributed by atoms with E-state index in [2.05, 4.69) is 0 Å². The molecule has 0 bridgehead atoms. The second-order valence-corrected chi connectivity index (χ2v) is 5.34. The second kappa shape index (κ2) is 6.95. The first-order valence-corrected chi connectivity index (χ1v) is 7.08. The van der Waals surface area contributed by atoms with Crippen molar-refractivity contribution in [3.8, 4) is 0 Å². The van der Waals surface area contributed by atoms with E-state index < -0.39 is 10.9 Å². The number of rotatable bonds is 6. The fraction of sp³-hybridized carbons (Fsp3) is 0.250. The molecular formula is C16H16N2O6. The highest BCUT2D eigenvalue weighted by Gasteiger charge is 2.17. The Balaban J connectivity index is 2.04. The van der Waals surface area contributed by atoms with Gasteiger partial charge in [0.1, 0.15) is 17.1 Å². The van der Waals surface area contributed by atoms with Crippen molar-refractivity contribution in [2.75, 3.05) is 7.05 Å². The zero-order valence-corrected chi connectivity index (χ0v) is 13.2. The van der Waals surface area contributed by atoms with Crippen molar-refractivity contribution in [3.05, 3.63) is 63.1 Å². The average molecular weight is 332 g/mol. The zero-order chi connectivity index (χ0) is 17.9. The van der Waals surface area contributed by atoms with Crippen molar-refractivity contribution in [2.24, 2.45) is 0 Å². The summed E-state index contributed by atoms with van der Waals surface area (Å²) in [6, 6.07) is 7.25. The van der Waals surface area contributed by atoms with Gasteiger partial charge in [0.05, 0.1) is 17.9 Å². The number of nitrogens with zero attached hydrogens (tertiary/aromatic N) is 2.